The summed E-state index contributed by atoms with van der Waals surface area (Å²) < 4.78 is 20.2. The van der Waals surface area contributed by atoms with E-state index in [0.717, 1.165) is 23.1 Å². The normalized spacial score (nSPS) is 26.3. The van der Waals surface area contributed by atoms with Gasteiger partial charge in [0, 0.05) is 5.39 Å². The van der Waals surface area contributed by atoms with Crippen LogP contribution in [0.5, 0.6) is 5.75 Å². The van der Waals surface area contributed by atoms with Crippen molar-refractivity contribution < 1.29 is 9.13 Å². The molecule has 2 aliphatic carbocycles. The lowest BCUT2D eigenvalue weighted by molar-refractivity contribution is 0.113. The zero-order chi connectivity index (χ0) is 20.9. The molecule has 0 saturated heterocycles. The van der Waals surface area contributed by atoms with Gasteiger partial charge in [0.15, 0.2) is 11.6 Å². The highest BCUT2D eigenvalue weighted by molar-refractivity contribution is 5.85. The molecule has 1 nitrogen and oxygen atoms in total. The van der Waals surface area contributed by atoms with Gasteiger partial charge in [-0.2, -0.15) is 0 Å². The molecule has 0 bridgehead atoms. The summed E-state index contributed by atoms with van der Waals surface area (Å²) in [6.45, 7) is 6.26. The Bertz CT molecular complexity index is 857. The summed E-state index contributed by atoms with van der Waals surface area (Å²) in [5.74, 6) is 3.51. The van der Waals surface area contributed by atoms with Gasteiger partial charge in [0.25, 0.3) is 0 Å². The van der Waals surface area contributed by atoms with E-state index in [4.69, 9.17) is 4.74 Å². The maximum absolute atomic E-state index is 14.8. The third kappa shape index (κ3) is 4.74. The summed E-state index contributed by atoms with van der Waals surface area (Å²) in [5, 5.41) is 1.64. The van der Waals surface area contributed by atoms with Crippen LogP contribution in [0, 0.1) is 23.6 Å². The van der Waals surface area contributed by atoms with Crippen LogP contribution in [0.25, 0.3) is 10.8 Å². The van der Waals surface area contributed by atoms with Gasteiger partial charge in [-0.05, 0) is 72.8 Å². The Morgan fingerprint density at radius 1 is 1.03 bits per heavy atom. The highest BCUT2D eigenvalue weighted by Gasteiger charge is 2.35. The van der Waals surface area contributed by atoms with Gasteiger partial charge in [0.1, 0.15) is 6.61 Å². The molecule has 4 atom stereocenters. The Balaban J connectivity index is 1.41. The van der Waals surface area contributed by atoms with Gasteiger partial charge in [-0.25, -0.2) is 4.39 Å². The van der Waals surface area contributed by atoms with E-state index in [1.165, 1.54) is 69.8 Å². The summed E-state index contributed by atoms with van der Waals surface area (Å²) >= 11 is 0. The number of hydrogen-bond acceptors (Lipinski definition) is 1. The quantitative estimate of drug-likeness (QED) is 0.314. The maximum Gasteiger partial charge on any atom is 0.172 e. The first-order valence-electron chi connectivity index (χ1n) is 12.2. The summed E-state index contributed by atoms with van der Waals surface area (Å²) in [4.78, 5) is 0. The van der Waals surface area contributed by atoms with Crippen LogP contribution in [0.1, 0.15) is 82.6 Å². The van der Waals surface area contributed by atoms with Crippen LogP contribution >= 0.6 is 0 Å². The molecule has 2 aromatic rings. The zero-order valence-corrected chi connectivity index (χ0v) is 18.5. The van der Waals surface area contributed by atoms with Crippen LogP contribution in [0.4, 0.5) is 4.39 Å². The van der Waals surface area contributed by atoms with Crippen molar-refractivity contribution in [3.8, 4) is 5.75 Å². The number of benzene rings is 2. The molecule has 0 aromatic heterocycles. The molecular formula is C28H37FO. The van der Waals surface area contributed by atoms with Gasteiger partial charge < -0.3 is 4.74 Å². The fourth-order valence-corrected chi connectivity index (χ4v) is 6.04. The molecule has 4 unspecified atom stereocenters. The lowest BCUT2D eigenvalue weighted by atomic mass is 9.63. The number of unbranched alkanes of at least 4 members (excludes halogenated alkanes) is 2. The second kappa shape index (κ2) is 9.98. The van der Waals surface area contributed by atoms with Crippen LogP contribution in [-0.4, -0.2) is 6.61 Å². The molecule has 162 valence electrons. The van der Waals surface area contributed by atoms with Crippen molar-refractivity contribution >= 4 is 10.8 Å². The first-order valence-corrected chi connectivity index (χ1v) is 12.2. The minimum absolute atomic E-state index is 0.258. The molecule has 2 saturated carbocycles. The van der Waals surface area contributed by atoms with Crippen LogP contribution in [0.2, 0.25) is 0 Å². The molecule has 4 rings (SSSR count). The van der Waals surface area contributed by atoms with Crippen molar-refractivity contribution in [2.45, 2.75) is 77.0 Å². The van der Waals surface area contributed by atoms with Crippen LogP contribution in [-0.2, 0) is 0 Å². The first kappa shape index (κ1) is 21.4. The van der Waals surface area contributed by atoms with E-state index < -0.39 is 0 Å². The van der Waals surface area contributed by atoms with Gasteiger partial charge in [0.2, 0.25) is 0 Å². The lowest BCUT2D eigenvalue weighted by Gasteiger charge is -2.42. The van der Waals surface area contributed by atoms with Gasteiger partial charge >= 0.3 is 0 Å². The zero-order valence-electron chi connectivity index (χ0n) is 18.5. The van der Waals surface area contributed by atoms with Crippen molar-refractivity contribution in [1.29, 1.82) is 0 Å². The second-order valence-corrected chi connectivity index (χ2v) is 9.66. The summed E-state index contributed by atoms with van der Waals surface area (Å²) in [6.07, 6.45) is 15.6. The monoisotopic (exact) mass is 408 g/mol. The van der Waals surface area contributed by atoms with E-state index >= 15 is 0 Å². The van der Waals surface area contributed by atoms with E-state index in [1.807, 2.05) is 12.1 Å². The molecule has 2 fully saturated rings. The van der Waals surface area contributed by atoms with E-state index in [9.17, 15) is 4.39 Å². The van der Waals surface area contributed by atoms with Crippen LogP contribution in [0.3, 0.4) is 0 Å². The number of halogens is 1. The fraction of sp³-hybridized carbons (Fsp3) is 0.571. The van der Waals surface area contributed by atoms with Gasteiger partial charge in [-0.1, -0.05) is 75.9 Å². The molecule has 30 heavy (non-hydrogen) atoms. The van der Waals surface area contributed by atoms with Crippen molar-refractivity contribution in [3.05, 3.63) is 54.4 Å². The Hall–Kier alpha value is -1.83. The summed E-state index contributed by atoms with van der Waals surface area (Å²) in [5.41, 5.74) is 1.39. The standard InChI is InChI=1S/C28H37FO/c1-3-5-6-7-20-8-9-22-18-23(11-10-21(22)17-20)24-12-14-26-25(19-24)13-15-27(28(26)29)30-16-4-2/h4,12-15,19-23H,2-3,5-11,16-18H2,1H3. The average Bonchev–Trinajstić information content (AvgIpc) is 2.78. The van der Waals surface area contributed by atoms with E-state index in [2.05, 4.69) is 25.6 Å². The van der Waals surface area contributed by atoms with Crippen molar-refractivity contribution in [2.24, 2.45) is 17.8 Å². The SMILES string of the molecule is C=CCOc1ccc2cc(C3CCC4CC(CCCCC)CCC4C3)ccc2c1F. The molecule has 2 aliphatic rings. The van der Waals surface area contributed by atoms with E-state index in [1.54, 1.807) is 12.1 Å². The van der Waals surface area contributed by atoms with E-state index in [0.29, 0.717) is 23.7 Å². The average molecular weight is 409 g/mol. The van der Waals surface area contributed by atoms with Crippen molar-refractivity contribution in [3.63, 3.8) is 0 Å². The Labute approximate surface area is 181 Å². The minimum Gasteiger partial charge on any atom is -0.486 e. The van der Waals surface area contributed by atoms with Gasteiger partial charge in [0.05, 0.1) is 0 Å². The predicted octanol–water partition coefficient (Wildman–Crippen LogP) is 8.42. The third-order valence-corrected chi connectivity index (χ3v) is 7.71. The number of ether oxygens (including phenoxy) is 1. The molecule has 0 radical (unpaired) electrons. The maximum atomic E-state index is 14.8. The van der Waals surface area contributed by atoms with Crippen molar-refractivity contribution in [1.82, 2.24) is 0 Å². The van der Waals surface area contributed by atoms with Crippen LogP contribution < -0.4 is 4.74 Å². The predicted molar refractivity (Wildman–Crippen MR) is 125 cm³/mol. The number of fused-ring (bicyclic) bond motifs is 2. The Kier molecular flexibility index (Phi) is 7.12. The van der Waals surface area contributed by atoms with Crippen molar-refractivity contribution in [2.75, 3.05) is 6.61 Å². The molecule has 0 heterocycles. The first-order chi connectivity index (χ1) is 14.7. The highest BCUT2D eigenvalue weighted by Crippen LogP contribution is 2.48. The molecule has 2 aromatic carbocycles. The van der Waals surface area contributed by atoms with Crippen LogP contribution in [0.15, 0.2) is 43.0 Å². The fourth-order valence-electron chi connectivity index (χ4n) is 6.04. The second-order valence-electron chi connectivity index (χ2n) is 9.66. The number of rotatable bonds is 8. The largest absolute Gasteiger partial charge is 0.486 e. The molecular weight excluding hydrogens is 371 g/mol. The smallest absolute Gasteiger partial charge is 0.172 e. The molecule has 0 spiro atoms. The number of hydrogen-bond donors (Lipinski definition) is 0. The minimum atomic E-state index is -0.258. The van der Waals surface area contributed by atoms with Gasteiger partial charge in [-0.15, -0.1) is 0 Å². The highest BCUT2D eigenvalue weighted by atomic mass is 19.1. The van der Waals surface area contributed by atoms with E-state index in [-0.39, 0.29) is 5.82 Å². The third-order valence-electron chi connectivity index (χ3n) is 7.71. The molecule has 0 aliphatic heterocycles. The molecule has 0 amide bonds. The molecule has 0 N–H and O–H groups in total. The molecule has 2 heteroatoms. The Morgan fingerprint density at radius 3 is 2.70 bits per heavy atom. The van der Waals surface area contributed by atoms with Gasteiger partial charge in [-0.3, -0.25) is 0 Å². The topological polar surface area (TPSA) is 9.23 Å². The summed E-state index contributed by atoms with van der Waals surface area (Å²) in [6, 6.07) is 10.1. The summed E-state index contributed by atoms with van der Waals surface area (Å²) in [7, 11) is 0. The lowest BCUT2D eigenvalue weighted by Crippen LogP contribution is -2.30. The Morgan fingerprint density at radius 2 is 1.87 bits per heavy atom.